The standard InChI is InChI=1S/2C44H29NS/c1-2-9-30(10-3-1)31-17-22-35(23-18-31)45(36-24-19-34(20-25-36)39-16-8-13-32-11-4-6-14-38(32)39)37-26-28-43-42(29-37)41-27-21-33-12-5-7-15-40(33)44(41)46-43;1-2-9-30(10-3-1)35-14-8-15-38(28-35)45(37-22-19-32(20-23-37)36-18-17-31-11-4-5-13-34(31)27-36)39-24-26-43-42(29-39)41-25-21-33-12-6-7-16-40(33)44(41)46-43/h2*1-29H. The third kappa shape index (κ3) is 10.2. The second kappa shape index (κ2) is 23.5. The van der Waals surface area contributed by atoms with Gasteiger partial charge in [0.25, 0.3) is 0 Å². The molecule has 2 nitrogen and oxygen atoms in total. The van der Waals surface area contributed by atoms with Crippen molar-refractivity contribution < 1.29 is 0 Å². The van der Waals surface area contributed by atoms with Crippen LogP contribution >= 0.6 is 22.7 Å². The van der Waals surface area contributed by atoms with Crippen molar-refractivity contribution in [3.63, 3.8) is 0 Å². The van der Waals surface area contributed by atoms with Gasteiger partial charge in [-0.25, -0.2) is 0 Å². The van der Waals surface area contributed by atoms with Crippen molar-refractivity contribution in [2.45, 2.75) is 0 Å². The lowest BCUT2D eigenvalue weighted by Gasteiger charge is -2.26. The van der Waals surface area contributed by atoms with E-state index in [-0.39, 0.29) is 0 Å². The van der Waals surface area contributed by atoms with Crippen molar-refractivity contribution in [3.05, 3.63) is 352 Å². The molecule has 2 aromatic heterocycles. The van der Waals surface area contributed by atoms with Crippen LogP contribution < -0.4 is 9.80 Å². The number of thiophene rings is 2. The van der Waals surface area contributed by atoms with E-state index in [9.17, 15) is 0 Å². The molecule has 0 aliphatic rings. The highest BCUT2D eigenvalue weighted by Gasteiger charge is 2.20. The van der Waals surface area contributed by atoms with Crippen LogP contribution in [0.5, 0.6) is 0 Å². The third-order valence-electron chi connectivity index (χ3n) is 18.1. The molecule has 0 radical (unpaired) electrons. The van der Waals surface area contributed by atoms with E-state index in [1.807, 2.05) is 22.7 Å². The molecule has 92 heavy (non-hydrogen) atoms. The maximum atomic E-state index is 2.39. The van der Waals surface area contributed by atoms with Crippen molar-refractivity contribution >= 4 is 140 Å². The number of nitrogens with zero attached hydrogens (tertiary/aromatic N) is 2. The summed E-state index contributed by atoms with van der Waals surface area (Å²) < 4.78 is 5.31. The van der Waals surface area contributed by atoms with E-state index in [2.05, 4.69) is 362 Å². The molecule has 18 rings (SSSR count). The van der Waals surface area contributed by atoms with Gasteiger partial charge in [0.2, 0.25) is 0 Å². The lowest BCUT2D eigenvalue weighted by molar-refractivity contribution is 1.29. The summed E-state index contributed by atoms with van der Waals surface area (Å²) in [6, 6.07) is 128. The van der Waals surface area contributed by atoms with Gasteiger partial charge in [-0.3, -0.25) is 0 Å². The van der Waals surface area contributed by atoms with Gasteiger partial charge in [-0.15, -0.1) is 22.7 Å². The Hall–Kier alpha value is -11.4. The number of hydrogen-bond acceptors (Lipinski definition) is 4. The Morgan fingerprint density at radius 2 is 0.533 bits per heavy atom. The van der Waals surface area contributed by atoms with Crippen LogP contribution in [0.1, 0.15) is 0 Å². The van der Waals surface area contributed by atoms with Crippen LogP contribution in [0.15, 0.2) is 352 Å². The summed E-state index contributed by atoms with van der Waals surface area (Å²) >= 11 is 3.77. The molecule has 0 fully saturated rings. The van der Waals surface area contributed by atoms with Gasteiger partial charge in [-0.1, -0.05) is 261 Å². The Morgan fingerprint density at radius 1 is 0.174 bits per heavy atom. The molecule has 0 N–H and O–H groups in total. The van der Waals surface area contributed by atoms with Gasteiger partial charge in [-0.05, 0) is 179 Å². The molecule has 0 saturated heterocycles. The highest BCUT2D eigenvalue weighted by molar-refractivity contribution is 7.27. The zero-order chi connectivity index (χ0) is 60.9. The van der Waals surface area contributed by atoms with Gasteiger partial charge in [0.05, 0.1) is 0 Å². The Labute approximate surface area is 542 Å². The summed E-state index contributed by atoms with van der Waals surface area (Å²) in [6.07, 6.45) is 0. The zero-order valence-electron chi connectivity index (χ0n) is 50.2. The van der Waals surface area contributed by atoms with Gasteiger partial charge in [0.1, 0.15) is 0 Å². The number of rotatable bonds is 10. The molecule has 2 heterocycles. The largest absolute Gasteiger partial charge is 0.310 e. The monoisotopic (exact) mass is 1210 g/mol. The smallest absolute Gasteiger partial charge is 0.0468 e. The van der Waals surface area contributed by atoms with E-state index in [0.717, 1.165) is 34.1 Å². The average molecular weight is 1210 g/mol. The lowest BCUT2D eigenvalue weighted by atomic mass is 9.98. The van der Waals surface area contributed by atoms with Crippen LogP contribution in [0.4, 0.5) is 34.1 Å². The minimum absolute atomic E-state index is 1.12. The number of fused-ring (bicyclic) bond motifs is 12. The summed E-state index contributed by atoms with van der Waals surface area (Å²) in [7, 11) is 0. The predicted molar refractivity (Wildman–Crippen MR) is 400 cm³/mol. The first-order valence-corrected chi connectivity index (χ1v) is 33.0. The fourth-order valence-corrected chi connectivity index (χ4v) is 15.9. The van der Waals surface area contributed by atoms with Crippen LogP contribution in [0.3, 0.4) is 0 Å². The molecule has 0 saturated carbocycles. The number of anilines is 6. The van der Waals surface area contributed by atoms with E-state index in [1.165, 1.54) is 128 Å². The molecule has 4 heteroatoms. The van der Waals surface area contributed by atoms with Crippen molar-refractivity contribution in [1.29, 1.82) is 0 Å². The maximum Gasteiger partial charge on any atom is 0.0468 e. The average Bonchev–Trinajstić information content (AvgIpc) is 1.66. The van der Waals surface area contributed by atoms with Gasteiger partial charge in [-0.2, -0.15) is 0 Å². The molecule has 0 unspecified atom stereocenters. The van der Waals surface area contributed by atoms with E-state index >= 15 is 0 Å². The Bertz CT molecular complexity index is 5750. The van der Waals surface area contributed by atoms with Crippen LogP contribution in [-0.4, -0.2) is 0 Å². The fourth-order valence-electron chi connectivity index (χ4n) is 13.5. The normalized spacial score (nSPS) is 11.5. The molecule has 0 atom stereocenters. The Balaban J connectivity index is 0.000000141. The molecule has 0 spiro atoms. The van der Waals surface area contributed by atoms with Crippen molar-refractivity contribution in [1.82, 2.24) is 0 Å². The molecular formula is C88H58N2S2. The first kappa shape index (κ1) is 54.7. The molecule has 0 amide bonds. The topological polar surface area (TPSA) is 6.48 Å². The first-order chi connectivity index (χ1) is 45.6. The highest BCUT2D eigenvalue weighted by Crippen LogP contribution is 2.46. The summed E-state index contributed by atoms with van der Waals surface area (Å²) in [4.78, 5) is 4.77. The van der Waals surface area contributed by atoms with E-state index < -0.39 is 0 Å². The molecule has 432 valence electrons. The van der Waals surface area contributed by atoms with Gasteiger partial charge in [0, 0.05) is 74.5 Å². The molecular weight excluding hydrogens is 1150 g/mol. The summed E-state index contributed by atoms with van der Waals surface area (Å²) in [5, 5.41) is 15.5. The first-order valence-electron chi connectivity index (χ1n) is 31.4. The van der Waals surface area contributed by atoms with Crippen molar-refractivity contribution in [2.75, 3.05) is 9.80 Å². The minimum Gasteiger partial charge on any atom is -0.310 e. The second-order valence-corrected chi connectivity index (χ2v) is 25.7. The summed E-state index contributed by atoms with van der Waals surface area (Å²) in [5.41, 5.74) is 16.5. The van der Waals surface area contributed by atoms with Crippen molar-refractivity contribution in [2.24, 2.45) is 0 Å². The second-order valence-electron chi connectivity index (χ2n) is 23.6. The quantitative estimate of drug-likeness (QED) is 0.135. The molecule has 16 aromatic carbocycles. The van der Waals surface area contributed by atoms with E-state index in [1.54, 1.807) is 0 Å². The number of benzene rings is 16. The summed E-state index contributed by atoms with van der Waals surface area (Å²) in [6.45, 7) is 0. The van der Waals surface area contributed by atoms with Gasteiger partial charge in [0.15, 0.2) is 0 Å². The SMILES string of the molecule is c1ccc(-c2ccc(N(c3ccc(-c4cccc5ccccc45)cc3)c3ccc4sc5c6ccccc6ccc5c4c3)cc2)cc1.c1ccc(-c2cccc(N(c3ccc(-c4ccc5ccccc5c4)cc3)c3ccc4sc5c6ccccc6ccc5c4c3)c2)cc1. The van der Waals surface area contributed by atoms with Gasteiger partial charge < -0.3 is 9.80 Å². The fraction of sp³-hybridized carbons (Fsp3) is 0. The predicted octanol–water partition coefficient (Wildman–Crippen LogP) is 26.3. The van der Waals surface area contributed by atoms with Crippen LogP contribution in [0, 0.1) is 0 Å². The maximum absolute atomic E-state index is 2.39. The van der Waals surface area contributed by atoms with E-state index in [4.69, 9.17) is 0 Å². The Morgan fingerprint density at radius 3 is 1.10 bits per heavy atom. The highest BCUT2D eigenvalue weighted by atomic mass is 32.1. The van der Waals surface area contributed by atoms with E-state index in [0.29, 0.717) is 0 Å². The van der Waals surface area contributed by atoms with Crippen LogP contribution in [0.2, 0.25) is 0 Å². The molecule has 0 aliphatic heterocycles. The minimum atomic E-state index is 1.12. The Kier molecular flexibility index (Phi) is 14.0. The third-order valence-corrected chi connectivity index (χ3v) is 20.5. The van der Waals surface area contributed by atoms with Gasteiger partial charge >= 0.3 is 0 Å². The van der Waals surface area contributed by atoms with Crippen LogP contribution in [-0.2, 0) is 0 Å². The van der Waals surface area contributed by atoms with Crippen molar-refractivity contribution in [3.8, 4) is 44.5 Å². The summed E-state index contributed by atoms with van der Waals surface area (Å²) in [5.74, 6) is 0. The lowest BCUT2D eigenvalue weighted by Crippen LogP contribution is -2.10. The molecule has 0 bridgehead atoms. The number of hydrogen-bond donors (Lipinski definition) is 0. The zero-order valence-corrected chi connectivity index (χ0v) is 51.8. The van der Waals surface area contributed by atoms with Crippen LogP contribution in [0.25, 0.3) is 128 Å². The molecule has 0 aliphatic carbocycles. The molecule has 18 aromatic rings.